The van der Waals surface area contributed by atoms with Crippen molar-refractivity contribution in [3.8, 4) is 0 Å². The number of amides is 1. The van der Waals surface area contributed by atoms with Gasteiger partial charge < -0.3 is 10.4 Å². The fourth-order valence-electron chi connectivity index (χ4n) is 1.39. The summed E-state index contributed by atoms with van der Waals surface area (Å²) >= 11 is 0. The first kappa shape index (κ1) is 13.7. The van der Waals surface area contributed by atoms with Crippen LogP contribution in [0.25, 0.3) is 0 Å². The monoisotopic (exact) mass is 275 g/mol. The van der Waals surface area contributed by atoms with Gasteiger partial charge in [0.05, 0.1) is 12.2 Å². The molecule has 0 aliphatic carbocycles. The molecule has 2 unspecified atom stereocenters. The maximum absolute atomic E-state index is 12.4. The molecule has 17 heavy (non-hydrogen) atoms. The fourth-order valence-corrected chi connectivity index (χ4v) is 3.13. The van der Waals surface area contributed by atoms with Gasteiger partial charge in [-0.05, 0) is 0 Å². The number of rotatable bonds is 1. The van der Waals surface area contributed by atoms with Crippen molar-refractivity contribution < 1.29 is 36.3 Å². The Bertz CT molecular complexity index is 443. The molecular formula is C7H8F3NO5S. The minimum absolute atomic E-state index is 1.25. The second-order valence-electron chi connectivity index (χ2n) is 3.52. The van der Waals surface area contributed by atoms with Crippen LogP contribution in [0.1, 0.15) is 6.42 Å². The van der Waals surface area contributed by atoms with E-state index >= 15 is 0 Å². The van der Waals surface area contributed by atoms with Gasteiger partial charge in [0.15, 0.2) is 15.1 Å². The Morgan fingerprint density at radius 2 is 1.94 bits per heavy atom. The predicted molar refractivity (Wildman–Crippen MR) is 47.8 cm³/mol. The van der Waals surface area contributed by atoms with Crippen molar-refractivity contribution in [1.82, 2.24) is 5.32 Å². The molecule has 98 valence electrons. The lowest BCUT2D eigenvalue weighted by molar-refractivity contribution is -0.143. The van der Waals surface area contributed by atoms with Gasteiger partial charge in [-0.2, -0.15) is 13.2 Å². The van der Waals surface area contributed by atoms with Crippen LogP contribution in [-0.4, -0.2) is 48.6 Å². The van der Waals surface area contributed by atoms with Gasteiger partial charge in [-0.1, -0.05) is 0 Å². The highest BCUT2D eigenvalue weighted by molar-refractivity contribution is 7.92. The van der Waals surface area contributed by atoms with Gasteiger partial charge >= 0.3 is 12.1 Å². The maximum Gasteiger partial charge on any atom is 0.405 e. The third-order valence-corrected chi connectivity index (χ3v) is 4.30. The molecule has 1 aliphatic rings. The molecule has 1 saturated heterocycles. The third-order valence-electron chi connectivity index (χ3n) is 2.20. The molecule has 0 radical (unpaired) electrons. The molecule has 0 aromatic carbocycles. The first-order valence-electron chi connectivity index (χ1n) is 4.34. The molecule has 1 rings (SSSR count). The summed E-state index contributed by atoms with van der Waals surface area (Å²) in [4.78, 5) is 21.5. The second-order valence-corrected chi connectivity index (χ2v) is 5.75. The van der Waals surface area contributed by atoms with E-state index in [1.807, 2.05) is 0 Å². The molecule has 1 aliphatic heterocycles. The molecule has 1 amide bonds. The highest BCUT2D eigenvalue weighted by Gasteiger charge is 2.52. The number of hydrogen-bond acceptors (Lipinski definition) is 4. The van der Waals surface area contributed by atoms with Crippen LogP contribution in [0.3, 0.4) is 0 Å². The van der Waals surface area contributed by atoms with Crippen LogP contribution < -0.4 is 5.32 Å². The van der Waals surface area contributed by atoms with Crippen molar-refractivity contribution in [3.05, 3.63) is 0 Å². The van der Waals surface area contributed by atoms with E-state index in [1.165, 1.54) is 0 Å². The highest BCUT2D eigenvalue weighted by atomic mass is 32.2. The lowest BCUT2D eigenvalue weighted by Crippen LogP contribution is -2.43. The van der Waals surface area contributed by atoms with Gasteiger partial charge in [0.2, 0.25) is 5.91 Å². The number of sulfone groups is 1. The average Bonchev–Trinajstić information content (AvgIpc) is 2.21. The van der Waals surface area contributed by atoms with Crippen LogP contribution in [-0.2, 0) is 19.4 Å². The Labute approximate surface area is 93.7 Å². The predicted octanol–water partition coefficient (Wildman–Crippen LogP) is -0.695. The number of alkyl halides is 3. The highest BCUT2D eigenvalue weighted by Crippen LogP contribution is 2.30. The lowest BCUT2D eigenvalue weighted by Gasteiger charge is -2.17. The zero-order valence-electron chi connectivity index (χ0n) is 8.19. The SMILES string of the molecule is O=C1CC(C(F)(F)F)S(=O)(=O)CC(C(=O)O)N1. The molecule has 6 nitrogen and oxygen atoms in total. The molecule has 1 heterocycles. The Hall–Kier alpha value is -1.32. The van der Waals surface area contributed by atoms with Crippen LogP contribution >= 0.6 is 0 Å². The normalized spacial score (nSPS) is 29.2. The number of carboxylic acids is 1. The van der Waals surface area contributed by atoms with Crippen molar-refractivity contribution in [2.75, 3.05) is 5.75 Å². The van der Waals surface area contributed by atoms with Crippen LogP contribution in [0.2, 0.25) is 0 Å². The van der Waals surface area contributed by atoms with Gasteiger partial charge in [0.1, 0.15) is 6.04 Å². The maximum atomic E-state index is 12.4. The van der Waals surface area contributed by atoms with Crippen LogP contribution in [0, 0.1) is 0 Å². The first-order chi connectivity index (χ1) is 7.54. The average molecular weight is 275 g/mol. The Kier molecular flexibility index (Phi) is 3.37. The molecule has 0 bridgehead atoms. The van der Waals surface area contributed by atoms with Crippen LogP contribution in [0.4, 0.5) is 13.2 Å². The first-order valence-corrected chi connectivity index (χ1v) is 6.06. The van der Waals surface area contributed by atoms with E-state index in [9.17, 15) is 31.2 Å². The summed E-state index contributed by atoms with van der Waals surface area (Å²) < 4.78 is 59.9. The number of hydrogen-bond donors (Lipinski definition) is 2. The summed E-state index contributed by atoms with van der Waals surface area (Å²) in [5, 5.41) is 7.41. The number of carbonyl (C=O) groups is 2. The van der Waals surface area contributed by atoms with Crippen molar-refractivity contribution in [3.63, 3.8) is 0 Å². The molecule has 2 atom stereocenters. The van der Waals surface area contributed by atoms with Gasteiger partial charge in [-0.15, -0.1) is 0 Å². The van der Waals surface area contributed by atoms with Gasteiger partial charge in [-0.3, -0.25) is 4.79 Å². The Morgan fingerprint density at radius 1 is 1.41 bits per heavy atom. The quantitative estimate of drug-likeness (QED) is 0.659. The molecule has 0 saturated carbocycles. The van der Waals surface area contributed by atoms with E-state index in [2.05, 4.69) is 0 Å². The summed E-state index contributed by atoms with van der Waals surface area (Å²) in [7, 11) is -4.73. The fraction of sp³-hybridized carbons (Fsp3) is 0.714. The van der Waals surface area contributed by atoms with Crippen molar-refractivity contribution >= 4 is 21.7 Å². The summed E-state index contributed by atoms with van der Waals surface area (Å²) in [5.74, 6) is -4.20. The topological polar surface area (TPSA) is 101 Å². The number of aliphatic carboxylic acids is 1. The Morgan fingerprint density at radius 3 is 2.35 bits per heavy atom. The van der Waals surface area contributed by atoms with Gasteiger partial charge in [0.25, 0.3) is 0 Å². The molecule has 0 spiro atoms. The van der Waals surface area contributed by atoms with Gasteiger partial charge in [0, 0.05) is 0 Å². The molecular weight excluding hydrogens is 267 g/mol. The molecule has 1 fully saturated rings. The summed E-state index contributed by atoms with van der Waals surface area (Å²) in [6, 6.07) is -1.85. The van der Waals surface area contributed by atoms with E-state index < -0.39 is 51.4 Å². The molecule has 0 aromatic heterocycles. The molecule has 10 heteroatoms. The van der Waals surface area contributed by atoms with E-state index in [0.29, 0.717) is 0 Å². The molecule has 2 N–H and O–H groups in total. The van der Waals surface area contributed by atoms with E-state index in [-0.39, 0.29) is 0 Å². The van der Waals surface area contributed by atoms with E-state index in [4.69, 9.17) is 5.11 Å². The van der Waals surface area contributed by atoms with Crippen molar-refractivity contribution in [2.24, 2.45) is 0 Å². The number of nitrogens with one attached hydrogen (secondary N) is 1. The smallest absolute Gasteiger partial charge is 0.405 e. The summed E-state index contributed by atoms with van der Waals surface area (Å²) in [5.41, 5.74) is 0. The van der Waals surface area contributed by atoms with E-state index in [0.717, 1.165) is 0 Å². The second kappa shape index (κ2) is 4.17. The third kappa shape index (κ3) is 3.08. The number of carboxylic acid groups (broad SMARTS) is 1. The number of halogens is 3. The zero-order chi connectivity index (χ0) is 13.4. The van der Waals surface area contributed by atoms with E-state index in [1.54, 1.807) is 5.32 Å². The van der Waals surface area contributed by atoms with Gasteiger partial charge in [-0.25, -0.2) is 13.2 Å². The number of carbonyl (C=O) groups excluding carboxylic acids is 1. The van der Waals surface area contributed by atoms with Crippen LogP contribution in [0.15, 0.2) is 0 Å². The molecule has 0 aromatic rings. The summed E-state index contributed by atoms with van der Waals surface area (Å²) in [6.07, 6.45) is -6.40. The summed E-state index contributed by atoms with van der Waals surface area (Å²) in [6.45, 7) is 0. The standard InChI is InChI=1S/C7H8F3NO5S/c8-7(9,10)4-1-5(12)11-3(6(13)14)2-17(4,15)16/h3-4H,1-2H2,(H,11,12)(H,13,14). The minimum Gasteiger partial charge on any atom is -0.480 e. The largest absolute Gasteiger partial charge is 0.480 e. The zero-order valence-corrected chi connectivity index (χ0v) is 9.01. The van der Waals surface area contributed by atoms with Crippen molar-refractivity contribution in [2.45, 2.75) is 23.9 Å². The van der Waals surface area contributed by atoms with Crippen LogP contribution in [0.5, 0.6) is 0 Å². The lowest BCUT2D eigenvalue weighted by atomic mass is 10.2. The minimum atomic E-state index is -5.09. The Balaban J connectivity index is 3.14. The van der Waals surface area contributed by atoms with Crippen molar-refractivity contribution in [1.29, 1.82) is 0 Å².